The molecule has 2 N–H and O–H groups in total. The third-order valence-electron chi connectivity index (χ3n) is 2.53. The summed E-state index contributed by atoms with van der Waals surface area (Å²) in [5.41, 5.74) is 1.65. The highest BCUT2D eigenvalue weighted by atomic mass is 19.1. The fraction of sp³-hybridized carbons (Fsp3) is 0.231. The molecule has 0 atom stereocenters. The van der Waals surface area contributed by atoms with Gasteiger partial charge in [-0.25, -0.2) is 4.39 Å². The average Bonchev–Trinajstić information content (AvgIpc) is 2.82. The van der Waals surface area contributed by atoms with E-state index in [0.717, 1.165) is 11.3 Å². The number of carbonyl (C=O) groups is 1. The van der Waals surface area contributed by atoms with Crippen LogP contribution in [-0.4, -0.2) is 22.6 Å². The lowest BCUT2D eigenvalue weighted by molar-refractivity contribution is -0.120. The summed E-state index contributed by atoms with van der Waals surface area (Å²) < 4.78 is 12.9. The fourth-order valence-corrected chi connectivity index (χ4v) is 1.66. The van der Waals surface area contributed by atoms with Crippen LogP contribution in [0.15, 0.2) is 36.5 Å². The maximum Gasteiger partial charge on any atom is 0.226 e. The fourth-order valence-electron chi connectivity index (χ4n) is 1.66. The molecule has 1 heterocycles. The molecule has 0 unspecified atom stereocenters. The van der Waals surface area contributed by atoms with Gasteiger partial charge in [-0.1, -0.05) is 12.1 Å². The lowest BCUT2D eigenvalue weighted by Gasteiger charge is -2.04. The van der Waals surface area contributed by atoms with E-state index >= 15 is 0 Å². The van der Waals surface area contributed by atoms with Gasteiger partial charge in [0.15, 0.2) is 0 Å². The van der Waals surface area contributed by atoms with Crippen LogP contribution in [0.2, 0.25) is 0 Å². The van der Waals surface area contributed by atoms with E-state index < -0.39 is 0 Å². The van der Waals surface area contributed by atoms with E-state index in [4.69, 9.17) is 0 Å². The number of aromatic nitrogens is 2. The van der Waals surface area contributed by atoms with Gasteiger partial charge in [0.2, 0.25) is 5.91 Å². The van der Waals surface area contributed by atoms with Crippen LogP contribution in [0.4, 0.5) is 4.39 Å². The van der Waals surface area contributed by atoms with E-state index in [9.17, 15) is 9.18 Å². The number of carbonyl (C=O) groups excluding carboxylic acids is 1. The minimum absolute atomic E-state index is 0.0735. The Balaban J connectivity index is 1.73. The summed E-state index contributed by atoms with van der Waals surface area (Å²) in [7, 11) is 0. The molecule has 2 rings (SSSR count). The SMILES string of the molecule is O=C(Cc1ccn[nH]1)NCCc1cccc(F)c1. The second kappa shape index (κ2) is 5.95. The first-order chi connectivity index (χ1) is 8.74. The molecule has 5 heteroatoms. The molecule has 0 bridgehead atoms. The quantitative estimate of drug-likeness (QED) is 0.840. The van der Waals surface area contributed by atoms with Crippen LogP contribution < -0.4 is 5.32 Å². The molecule has 94 valence electrons. The smallest absolute Gasteiger partial charge is 0.226 e. The highest BCUT2D eigenvalue weighted by molar-refractivity contribution is 5.78. The van der Waals surface area contributed by atoms with Crippen molar-refractivity contribution in [1.82, 2.24) is 15.5 Å². The van der Waals surface area contributed by atoms with Crippen molar-refractivity contribution in [2.24, 2.45) is 0 Å². The molecule has 0 saturated heterocycles. The molecule has 0 aliphatic carbocycles. The van der Waals surface area contributed by atoms with Gasteiger partial charge in [-0.15, -0.1) is 0 Å². The maximum atomic E-state index is 12.9. The predicted octanol–water partition coefficient (Wildman–Crippen LogP) is 1.45. The zero-order valence-electron chi connectivity index (χ0n) is 9.82. The van der Waals surface area contributed by atoms with E-state index in [1.165, 1.54) is 12.1 Å². The zero-order valence-corrected chi connectivity index (χ0v) is 9.82. The number of nitrogens with zero attached hydrogens (tertiary/aromatic N) is 1. The van der Waals surface area contributed by atoms with Gasteiger partial charge in [-0.05, 0) is 30.2 Å². The lowest BCUT2D eigenvalue weighted by Crippen LogP contribution is -2.27. The summed E-state index contributed by atoms with van der Waals surface area (Å²) in [6.07, 6.45) is 2.50. The van der Waals surface area contributed by atoms with Crippen LogP contribution in [0.25, 0.3) is 0 Å². The third kappa shape index (κ3) is 3.69. The number of hydrogen-bond donors (Lipinski definition) is 2. The van der Waals surface area contributed by atoms with Gasteiger partial charge in [-0.2, -0.15) is 5.10 Å². The summed E-state index contributed by atoms with van der Waals surface area (Å²) in [5.74, 6) is -0.327. The van der Waals surface area contributed by atoms with Crippen molar-refractivity contribution in [3.05, 3.63) is 53.6 Å². The van der Waals surface area contributed by atoms with E-state index in [-0.39, 0.29) is 18.1 Å². The number of benzene rings is 1. The monoisotopic (exact) mass is 247 g/mol. The van der Waals surface area contributed by atoms with E-state index in [2.05, 4.69) is 15.5 Å². The van der Waals surface area contributed by atoms with Crippen molar-refractivity contribution in [3.8, 4) is 0 Å². The van der Waals surface area contributed by atoms with Gasteiger partial charge in [0, 0.05) is 18.4 Å². The summed E-state index contributed by atoms with van der Waals surface area (Å²) in [6, 6.07) is 8.13. The van der Waals surface area contributed by atoms with E-state index in [0.29, 0.717) is 13.0 Å². The zero-order chi connectivity index (χ0) is 12.8. The highest BCUT2D eigenvalue weighted by Crippen LogP contribution is 2.03. The summed E-state index contributed by atoms with van der Waals surface area (Å²) in [6.45, 7) is 0.496. The number of amides is 1. The third-order valence-corrected chi connectivity index (χ3v) is 2.53. The Morgan fingerprint density at radius 2 is 2.28 bits per heavy atom. The van der Waals surface area contributed by atoms with E-state index in [1.807, 2.05) is 6.07 Å². The molecular formula is C13H14FN3O. The van der Waals surface area contributed by atoms with Crippen molar-refractivity contribution >= 4 is 5.91 Å². The standard InChI is InChI=1S/C13H14FN3O/c14-11-3-1-2-10(8-11)4-6-15-13(18)9-12-5-7-16-17-12/h1-3,5,7-8H,4,6,9H2,(H,15,18)(H,16,17). The second-order valence-electron chi connectivity index (χ2n) is 3.99. The molecule has 0 spiro atoms. The van der Waals surface area contributed by atoms with Gasteiger partial charge >= 0.3 is 0 Å². The molecule has 0 saturated carbocycles. The second-order valence-corrected chi connectivity index (χ2v) is 3.99. The molecule has 0 fully saturated rings. The Labute approximate surface area is 104 Å². The summed E-state index contributed by atoms with van der Waals surface area (Å²) in [5, 5.41) is 9.27. The normalized spacial score (nSPS) is 10.3. The molecule has 1 amide bonds. The number of rotatable bonds is 5. The van der Waals surface area contributed by atoms with Crippen LogP contribution in [-0.2, 0) is 17.6 Å². The van der Waals surface area contributed by atoms with Crippen molar-refractivity contribution in [2.45, 2.75) is 12.8 Å². The van der Waals surface area contributed by atoms with Crippen molar-refractivity contribution in [3.63, 3.8) is 0 Å². The Morgan fingerprint density at radius 3 is 3.00 bits per heavy atom. The Morgan fingerprint density at radius 1 is 1.39 bits per heavy atom. The molecule has 0 radical (unpaired) electrons. The predicted molar refractivity (Wildman–Crippen MR) is 65.4 cm³/mol. The minimum atomic E-state index is -0.253. The van der Waals surface area contributed by atoms with Crippen LogP contribution in [0.3, 0.4) is 0 Å². The van der Waals surface area contributed by atoms with Crippen molar-refractivity contribution in [2.75, 3.05) is 6.54 Å². The highest BCUT2D eigenvalue weighted by Gasteiger charge is 2.03. The molecule has 2 aromatic rings. The van der Waals surface area contributed by atoms with Gasteiger partial charge in [0.1, 0.15) is 5.82 Å². The lowest BCUT2D eigenvalue weighted by atomic mass is 10.1. The van der Waals surface area contributed by atoms with Crippen LogP contribution in [0, 0.1) is 5.82 Å². The molecule has 4 nitrogen and oxygen atoms in total. The number of nitrogens with one attached hydrogen (secondary N) is 2. The van der Waals surface area contributed by atoms with Gasteiger partial charge in [0.05, 0.1) is 6.42 Å². The number of halogens is 1. The van der Waals surface area contributed by atoms with Gasteiger partial charge in [-0.3, -0.25) is 9.89 Å². The van der Waals surface area contributed by atoms with E-state index in [1.54, 1.807) is 18.3 Å². The van der Waals surface area contributed by atoms with Crippen molar-refractivity contribution in [1.29, 1.82) is 0 Å². The van der Waals surface area contributed by atoms with Crippen LogP contribution in [0.5, 0.6) is 0 Å². The van der Waals surface area contributed by atoms with Gasteiger partial charge < -0.3 is 5.32 Å². The largest absolute Gasteiger partial charge is 0.355 e. The minimum Gasteiger partial charge on any atom is -0.355 e. The molecule has 18 heavy (non-hydrogen) atoms. The number of H-pyrrole nitrogens is 1. The summed E-state index contributed by atoms with van der Waals surface area (Å²) >= 11 is 0. The first kappa shape index (κ1) is 12.3. The first-order valence-corrected chi connectivity index (χ1v) is 5.73. The number of aromatic amines is 1. The van der Waals surface area contributed by atoms with Gasteiger partial charge in [0.25, 0.3) is 0 Å². The Bertz CT molecular complexity index is 511. The topological polar surface area (TPSA) is 57.8 Å². The molecule has 1 aromatic heterocycles. The Kier molecular flexibility index (Phi) is 4.06. The first-order valence-electron chi connectivity index (χ1n) is 5.73. The maximum absolute atomic E-state index is 12.9. The molecular weight excluding hydrogens is 233 g/mol. The number of hydrogen-bond acceptors (Lipinski definition) is 2. The van der Waals surface area contributed by atoms with Crippen LogP contribution in [0.1, 0.15) is 11.3 Å². The summed E-state index contributed by atoms with van der Waals surface area (Å²) in [4.78, 5) is 11.5. The molecule has 1 aromatic carbocycles. The Hall–Kier alpha value is -2.17. The average molecular weight is 247 g/mol. The molecule has 0 aliphatic heterocycles. The van der Waals surface area contributed by atoms with Crippen molar-refractivity contribution < 1.29 is 9.18 Å². The van der Waals surface area contributed by atoms with Crippen LogP contribution >= 0.6 is 0 Å². The molecule has 0 aliphatic rings.